The molecule has 0 aliphatic rings. The number of aromatic nitrogens is 4. The molecule has 0 aliphatic heterocycles. The molecule has 0 aliphatic carbocycles. The molecule has 0 spiro atoms. The molecule has 0 unspecified atom stereocenters. The van der Waals surface area contributed by atoms with E-state index in [0.717, 1.165) is 11.6 Å². The molecule has 0 fully saturated rings. The third-order valence-electron chi connectivity index (χ3n) is 4.81. The minimum atomic E-state index is -4.60. The van der Waals surface area contributed by atoms with Crippen molar-refractivity contribution in [3.8, 4) is 16.5 Å². The topological polar surface area (TPSA) is 43.6 Å². The number of hydrogen-bond donors (Lipinski definition) is 0. The van der Waals surface area contributed by atoms with Crippen molar-refractivity contribution in [2.75, 3.05) is 0 Å². The van der Waals surface area contributed by atoms with Crippen LogP contribution in [-0.4, -0.2) is 19.5 Å². The number of alkyl halides is 3. The van der Waals surface area contributed by atoms with Gasteiger partial charge in [-0.1, -0.05) is 48.5 Å². The van der Waals surface area contributed by atoms with Crippen molar-refractivity contribution in [3.63, 3.8) is 0 Å². The summed E-state index contributed by atoms with van der Waals surface area (Å²) in [4.78, 5) is 13.7. The summed E-state index contributed by atoms with van der Waals surface area (Å²) in [5.74, 6) is 0.529. The number of nitrogens with zero attached hydrogens (tertiary/aromatic N) is 4. The van der Waals surface area contributed by atoms with Gasteiger partial charge in [-0.15, -0.1) is 11.3 Å². The fourth-order valence-electron chi connectivity index (χ4n) is 3.43. The van der Waals surface area contributed by atoms with Gasteiger partial charge in [0.15, 0.2) is 5.69 Å². The van der Waals surface area contributed by atoms with Crippen LogP contribution >= 0.6 is 11.3 Å². The van der Waals surface area contributed by atoms with Crippen LogP contribution in [0, 0.1) is 0 Å². The van der Waals surface area contributed by atoms with Gasteiger partial charge in [0.25, 0.3) is 0 Å². The molecule has 0 N–H and O–H groups in total. The Morgan fingerprint density at radius 1 is 0.839 bits per heavy atom. The molecule has 3 aromatic heterocycles. The summed E-state index contributed by atoms with van der Waals surface area (Å²) >= 11 is 1.33. The van der Waals surface area contributed by atoms with Gasteiger partial charge < -0.3 is 0 Å². The fraction of sp³-hybridized carbons (Fsp3) is 0.0870. The van der Waals surface area contributed by atoms with E-state index >= 15 is 0 Å². The minimum absolute atomic E-state index is 0.0437. The van der Waals surface area contributed by atoms with Crippen LogP contribution in [-0.2, 0) is 12.6 Å². The average Bonchev–Trinajstić information content (AvgIpc) is 3.41. The molecule has 0 bridgehead atoms. The van der Waals surface area contributed by atoms with E-state index in [4.69, 9.17) is 0 Å². The lowest BCUT2D eigenvalue weighted by Crippen LogP contribution is -2.14. The van der Waals surface area contributed by atoms with E-state index in [9.17, 15) is 13.2 Å². The van der Waals surface area contributed by atoms with Crippen LogP contribution in [0.4, 0.5) is 13.2 Å². The predicted octanol–water partition coefficient (Wildman–Crippen LogP) is 6.15. The first-order chi connectivity index (χ1) is 15.0. The van der Waals surface area contributed by atoms with E-state index in [-0.39, 0.29) is 11.6 Å². The van der Waals surface area contributed by atoms with Crippen LogP contribution in [0.2, 0.25) is 0 Å². The van der Waals surface area contributed by atoms with Gasteiger partial charge in [0.1, 0.15) is 5.82 Å². The predicted molar refractivity (Wildman–Crippen MR) is 114 cm³/mol. The molecule has 5 aromatic rings. The van der Waals surface area contributed by atoms with Gasteiger partial charge in [-0.2, -0.15) is 13.2 Å². The highest BCUT2D eigenvalue weighted by atomic mass is 32.1. The van der Waals surface area contributed by atoms with Crippen molar-refractivity contribution >= 4 is 22.4 Å². The van der Waals surface area contributed by atoms with Crippen molar-refractivity contribution in [2.45, 2.75) is 12.6 Å². The summed E-state index contributed by atoms with van der Waals surface area (Å²) in [6.07, 6.45) is -4.16. The van der Waals surface area contributed by atoms with Crippen LogP contribution in [0.1, 0.15) is 17.1 Å². The molecule has 154 valence electrons. The minimum Gasteiger partial charge on any atom is -0.264 e. The van der Waals surface area contributed by atoms with Gasteiger partial charge >= 0.3 is 6.18 Å². The monoisotopic (exact) mass is 436 g/mol. The normalized spacial score (nSPS) is 11.8. The maximum absolute atomic E-state index is 13.7. The Hall–Kier alpha value is -3.52. The molecule has 0 radical (unpaired) electrons. The molecule has 31 heavy (non-hydrogen) atoms. The molecule has 8 heteroatoms. The average molecular weight is 436 g/mol. The summed E-state index contributed by atoms with van der Waals surface area (Å²) in [6.45, 7) is 0. The Morgan fingerprint density at radius 2 is 1.61 bits per heavy atom. The maximum atomic E-state index is 13.7. The number of imidazole rings is 1. The van der Waals surface area contributed by atoms with Gasteiger partial charge in [-0.05, 0) is 35.2 Å². The molecule has 5 rings (SSSR count). The van der Waals surface area contributed by atoms with Crippen LogP contribution in [0.5, 0.6) is 0 Å². The highest BCUT2D eigenvalue weighted by Crippen LogP contribution is 2.33. The SMILES string of the molecule is FC(F)(F)c1cc(-c2cccs2)nc(-n2c(Cc3ccccc3)nc3ccccc32)n1. The van der Waals surface area contributed by atoms with Crippen molar-refractivity contribution in [3.05, 3.63) is 95.3 Å². The third kappa shape index (κ3) is 3.82. The van der Waals surface area contributed by atoms with Gasteiger partial charge in [-0.25, -0.2) is 15.0 Å². The molecule has 0 amide bonds. The molecule has 0 saturated carbocycles. The number of thiophene rings is 1. The molecular formula is C23H15F3N4S. The lowest BCUT2D eigenvalue weighted by Gasteiger charge is -2.13. The molecule has 2 aromatic carbocycles. The fourth-order valence-corrected chi connectivity index (χ4v) is 4.11. The highest BCUT2D eigenvalue weighted by Gasteiger charge is 2.34. The van der Waals surface area contributed by atoms with Gasteiger partial charge in [0, 0.05) is 6.42 Å². The first kappa shape index (κ1) is 19.4. The first-order valence-electron chi connectivity index (χ1n) is 9.50. The largest absolute Gasteiger partial charge is 0.433 e. The molecular weight excluding hydrogens is 421 g/mol. The van der Waals surface area contributed by atoms with Crippen molar-refractivity contribution in [1.29, 1.82) is 0 Å². The maximum Gasteiger partial charge on any atom is 0.433 e. The number of fused-ring (bicyclic) bond motifs is 1. The number of rotatable bonds is 4. The Balaban J connectivity index is 1.75. The zero-order chi connectivity index (χ0) is 21.4. The van der Waals surface area contributed by atoms with E-state index in [0.29, 0.717) is 28.2 Å². The smallest absolute Gasteiger partial charge is 0.264 e. The van der Waals surface area contributed by atoms with Crippen molar-refractivity contribution in [2.24, 2.45) is 0 Å². The Bertz CT molecular complexity index is 1340. The van der Waals surface area contributed by atoms with Crippen LogP contribution in [0.25, 0.3) is 27.6 Å². The summed E-state index contributed by atoms with van der Waals surface area (Å²) < 4.78 is 42.7. The molecule has 4 nitrogen and oxygen atoms in total. The van der Waals surface area contributed by atoms with Gasteiger partial charge in [0.2, 0.25) is 5.95 Å². The number of halogens is 3. The summed E-state index contributed by atoms with van der Waals surface area (Å²) in [7, 11) is 0. The molecule has 3 heterocycles. The first-order valence-corrected chi connectivity index (χ1v) is 10.4. The van der Waals surface area contributed by atoms with Crippen LogP contribution in [0.3, 0.4) is 0 Å². The Labute approximate surface area is 179 Å². The third-order valence-corrected chi connectivity index (χ3v) is 5.71. The van der Waals surface area contributed by atoms with Crippen molar-refractivity contribution < 1.29 is 13.2 Å². The zero-order valence-electron chi connectivity index (χ0n) is 16.0. The van der Waals surface area contributed by atoms with Gasteiger partial charge in [-0.3, -0.25) is 4.57 Å². The number of para-hydroxylation sites is 2. The molecule has 0 atom stereocenters. The van der Waals surface area contributed by atoms with Crippen LogP contribution in [0.15, 0.2) is 78.2 Å². The second-order valence-corrected chi connectivity index (χ2v) is 7.88. The van der Waals surface area contributed by atoms with E-state index in [1.807, 2.05) is 54.6 Å². The molecule has 0 saturated heterocycles. The second-order valence-electron chi connectivity index (χ2n) is 6.93. The Morgan fingerprint density at radius 3 is 2.35 bits per heavy atom. The van der Waals surface area contributed by atoms with E-state index in [1.54, 1.807) is 22.1 Å². The lowest BCUT2D eigenvalue weighted by atomic mass is 10.1. The van der Waals surface area contributed by atoms with Gasteiger partial charge in [0.05, 0.1) is 21.6 Å². The standard InChI is InChI=1S/C23H15F3N4S/c24-23(25,26)20-14-17(19-11-6-12-31-19)28-22(29-20)30-18-10-5-4-9-16(18)27-21(30)13-15-7-2-1-3-8-15/h1-12,14H,13H2. The number of hydrogen-bond acceptors (Lipinski definition) is 4. The second kappa shape index (κ2) is 7.63. The quantitative estimate of drug-likeness (QED) is 0.339. The number of benzene rings is 2. The summed E-state index contributed by atoms with van der Waals surface area (Å²) in [5, 5.41) is 1.80. The zero-order valence-corrected chi connectivity index (χ0v) is 16.9. The highest BCUT2D eigenvalue weighted by molar-refractivity contribution is 7.13. The summed E-state index contributed by atoms with van der Waals surface area (Å²) in [5.41, 5.74) is 1.57. The summed E-state index contributed by atoms with van der Waals surface area (Å²) in [6, 6.07) is 21.5. The van der Waals surface area contributed by atoms with Crippen LogP contribution < -0.4 is 0 Å². The van der Waals surface area contributed by atoms with E-state index < -0.39 is 11.9 Å². The van der Waals surface area contributed by atoms with Crippen molar-refractivity contribution in [1.82, 2.24) is 19.5 Å². The van der Waals surface area contributed by atoms with E-state index in [1.165, 1.54) is 11.3 Å². The lowest BCUT2D eigenvalue weighted by molar-refractivity contribution is -0.141. The Kier molecular flexibility index (Phi) is 4.78. The van der Waals surface area contributed by atoms with E-state index in [2.05, 4.69) is 15.0 Å².